The molecule has 1 saturated heterocycles. The molecular formula is C8H16O2. The average molecular weight is 144 g/mol. The van der Waals surface area contributed by atoms with Gasteiger partial charge in [0, 0.05) is 0 Å². The van der Waals surface area contributed by atoms with Gasteiger partial charge in [-0.05, 0) is 19.3 Å². The van der Waals surface area contributed by atoms with Gasteiger partial charge in [0.15, 0.2) is 0 Å². The van der Waals surface area contributed by atoms with Gasteiger partial charge >= 0.3 is 0 Å². The van der Waals surface area contributed by atoms with Crippen LogP contribution in [0, 0.1) is 0 Å². The standard InChI is InChI=1S/C8H16O2/c1-3-7-5-8(4-2)10-6-9-7/h7-8H,3-6H2,1-2H3/t7-,8+. The lowest BCUT2D eigenvalue weighted by molar-refractivity contribution is -0.175. The lowest BCUT2D eigenvalue weighted by atomic mass is 10.1. The molecule has 1 aliphatic rings. The molecule has 2 atom stereocenters. The Balaban J connectivity index is 2.25. The van der Waals surface area contributed by atoms with E-state index >= 15 is 0 Å². The topological polar surface area (TPSA) is 18.5 Å². The number of rotatable bonds is 2. The van der Waals surface area contributed by atoms with Crippen LogP contribution < -0.4 is 0 Å². The van der Waals surface area contributed by atoms with Crippen LogP contribution in [0.15, 0.2) is 0 Å². The summed E-state index contributed by atoms with van der Waals surface area (Å²) < 4.78 is 10.7. The Bertz CT molecular complexity index is 83.3. The maximum atomic E-state index is 5.34. The Morgan fingerprint density at radius 3 is 2.00 bits per heavy atom. The Kier molecular flexibility index (Phi) is 3.16. The Labute approximate surface area is 62.5 Å². The van der Waals surface area contributed by atoms with E-state index in [2.05, 4.69) is 13.8 Å². The van der Waals surface area contributed by atoms with Gasteiger partial charge in [-0.2, -0.15) is 0 Å². The second-order valence-electron chi connectivity index (χ2n) is 2.75. The molecule has 0 radical (unpaired) electrons. The summed E-state index contributed by atoms with van der Waals surface area (Å²) >= 11 is 0. The van der Waals surface area contributed by atoms with E-state index < -0.39 is 0 Å². The first-order valence-corrected chi connectivity index (χ1v) is 4.10. The minimum absolute atomic E-state index is 0.443. The summed E-state index contributed by atoms with van der Waals surface area (Å²) in [6.07, 6.45) is 4.18. The zero-order chi connectivity index (χ0) is 7.40. The third-order valence-electron chi connectivity index (χ3n) is 2.04. The van der Waals surface area contributed by atoms with Gasteiger partial charge in [-0.3, -0.25) is 0 Å². The summed E-state index contributed by atoms with van der Waals surface area (Å²) in [5, 5.41) is 0. The van der Waals surface area contributed by atoms with Crippen LogP contribution in [0.25, 0.3) is 0 Å². The van der Waals surface area contributed by atoms with Crippen molar-refractivity contribution in [1.29, 1.82) is 0 Å². The minimum atomic E-state index is 0.443. The first-order chi connectivity index (χ1) is 4.86. The highest BCUT2D eigenvalue weighted by atomic mass is 16.7. The zero-order valence-electron chi connectivity index (χ0n) is 6.80. The van der Waals surface area contributed by atoms with Crippen molar-refractivity contribution in [2.24, 2.45) is 0 Å². The van der Waals surface area contributed by atoms with Crippen LogP contribution in [-0.2, 0) is 9.47 Å². The highest BCUT2D eigenvalue weighted by Crippen LogP contribution is 2.17. The normalized spacial score (nSPS) is 34.2. The molecule has 0 N–H and O–H groups in total. The average Bonchev–Trinajstić information content (AvgIpc) is 2.05. The molecule has 0 aromatic rings. The van der Waals surface area contributed by atoms with Crippen molar-refractivity contribution < 1.29 is 9.47 Å². The second kappa shape index (κ2) is 3.94. The van der Waals surface area contributed by atoms with Crippen molar-refractivity contribution in [2.45, 2.75) is 45.3 Å². The second-order valence-corrected chi connectivity index (χ2v) is 2.75. The fourth-order valence-corrected chi connectivity index (χ4v) is 1.23. The van der Waals surface area contributed by atoms with Crippen molar-refractivity contribution >= 4 is 0 Å². The van der Waals surface area contributed by atoms with E-state index in [1.165, 1.54) is 0 Å². The molecule has 1 rings (SSSR count). The summed E-state index contributed by atoms with van der Waals surface area (Å²) in [6, 6.07) is 0. The molecule has 1 heterocycles. The van der Waals surface area contributed by atoms with Gasteiger partial charge in [0.2, 0.25) is 0 Å². The SMILES string of the molecule is CC[C@@H]1C[C@H](CC)OCO1. The van der Waals surface area contributed by atoms with Gasteiger partial charge in [0.25, 0.3) is 0 Å². The minimum Gasteiger partial charge on any atom is -0.352 e. The van der Waals surface area contributed by atoms with E-state index in [9.17, 15) is 0 Å². The van der Waals surface area contributed by atoms with Crippen LogP contribution in [0.5, 0.6) is 0 Å². The molecule has 2 nitrogen and oxygen atoms in total. The van der Waals surface area contributed by atoms with Crippen LogP contribution in [0.4, 0.5) is 0 Å². The molecule has 1 aliphatic heterocycles. The van der Waals surface area contributed by atoms with E-state index in [4.69, 9.17) is 9.47 Å². The molecule has 0 saturated carbocycles. The Hall–Kier alpha value is -0.0800. The number of hydrogen-bond donors (Lipinski definition) is 0. The third-order valence-corrected chi connectivity index (χ3v) is 2.04. The fourth-order valence-electron chi connectivity index (χ4n) is 1.23. The predicted molar refractivity (Wildman–Crippen MR) is 39.8 cm³/mol. The molecule has 0 bridgehead atoms. The quantitative estimate of drug-likeness (QED) is 0.589. The summed E-state index contributed by atoms with van der Waals surface area (Å²) in [5.41, 5.74) is 0. The molecule has 0 amide bonds. The molecule has 0 spiro atoms. The lowest BCUT2D eigenvalue weighted by Crippen LogP contribution is -2.30. The number of ether oxygens (including phenoxy) is 2. The van der Waals surface area contributed by atoms with E-state index in [1.807, 2.05) is 0 Å². The first-order valence-electron chi connectivity index (χ1n) is 4.10. The van der Waals surface area contributed by atoms with Crippen LogP contribution in [-0.4, -0.2) is 19.0 Å². The van der Waals surface area contributed by atoms with Gasteiger partial charge in [-0.15, -0.1) is 0 Å². The Morgan fingerprint density at radius 2 is 1.60 bits per heavy atom. The molecular weight excluding hydrogens is 128 g/mol. The van der Waals surface area contributed by atoms with E-state index in [1.54, 1.807) is 0 Å². The summed E-state index contributed by atoms with van der Waals surface area (Å²) in [6.45, 7) is 4.81. The smallest absolute Gasteiger partial charge is 0.147 e. The molecule has 10 heavy (non-hydrogen) atoms. The Morgan fingerprint density at radius 1 is 1.10 bits per heavy atom. The number of hydrogen-bond acceptors (Lipinski definition) is 2. The van der Waals surface area contributed by atoms with Crippen molar-refractivity contribution in [3.05, 3.63) is 0 Å². The van der Waals surface area contributed by atoms with Crippen LogP contribution in [0.1, 0.15) is 33.1 Å². The van der Waals surface area contributed by atoms with Crippen molar-refractivity contribution in [2.75, 3.05) is 6.79 Å². The van der Waals surface area contributed by atoms with Gasteiger partial charge < -0.3 is 9.47 Å². The predicted octanol–water partition coefficient (Wildman–Crippen LogP) is 1.94. The van der Waals surface area contributed by atoms with Gasteiger partial charge in [-0.25, -0.2) is 0 Å². The van der Waals surface area contributed by atoms with E-state index in [-0.39, 0.29) is 0 Å². The summed E-state index contributed by atoms with van der Waals surface area (Å²) in [5.74, 6) is 0. The van der Waals surface area contributed by atoms with Crippen molar-refractivity contribution in [3.63, 3.8) is 0 Å². The largest absolute Gasteiger partial charge is 0.352 e. The molecule has 0 aromatic carbocycles. The van der Waals surface area contributed by atoms with Gasteiger partial charge in [0.1, 0.15) is 6.79 Å². The van der Waals surface area contributed by atoms with Gasteiger partial charge in [-0.1, -0.05) is 13.8 Å². The summed E-state index contributed by atoms with van der Waals surface area (Å²) in [4.78, 5) is 0. The lowest BCUT2D eigenvalue weighted by Gasteiger charge is -2.28. The maximum Gasteiger partial charge on any atom is 0.147 e. The van der Waals surface area contributed by atoms with E-state index in [0.717, 1.165) is 19.3 Å². The summed E-state index contributed by atoms with van der Waals surface area (Å²) in [7, 11) is 0. The fraction of sp³-hybridized carbons (Fsp3) is 1.00. The third kappa shape index (κ3) is 1.96. The molecule has 0 unspecified atom stereocenters. The highest BCUT2D eigenvalue weighted by Gasteiger charge is 2.19. The molecule has 1 fully saturated rings. The molecule has 0 aromatic heterocycles. The van der Waals surface area contributed by atoms with Crippen LogP contribution >= 0.6 is 0 Å². The van der Waals surface area contributed by atoms with E-state index in [0.29, 0.717) is 19.0 Å². The highest BCUT2D eigenvalue weighted by molar-refractivity contribution is 4.66. The molecule has 0 aliphatic carbocycles. The van der Waals surface area contributed by atoms with Crippen LogP contribution in [0.2, 0.25) is 0 Å². The van der Waals surface area contributed by atoms with Crippen molar-refractivity contribution in [1.82, 2.24) is 0 Å². The van der Waals surface area contributed by atoms with Crippen molar-refractivity contribution in [3.8, 4) is 0 Å². The monoisotopic (exact) mass is 144 g/mol. The molecule has 60 valence electrons. The maximum absolute atomic E-state index is 5.34. The van der Waals surface area contributed by atoms with Gasteiger partial charge in [0.05, 0.1) is 12.2 Å². The zero-order valence-corrected chi connectivity index (χ0v) is 6.80. The van der Waals surface area contributed by atoms with Crippen LogP contribution in [0.3, 0.4) is 0 Å². The first kappa shape index (κ1) is 8.02. The molecule has 2 heteroatoms.